The van der Waals surface area contributed by atoms with Crippen LogP contribution in [0.4, 0.5) is 5.69 Å². The van der Waals surface area contributed by atoms with Crippen LogP contribution >= 0.6 is 0 Å². The first kappa shape index (κ1) is 23.1. The number of para-hydroxylation sites is 2. The maximum Gasteiger partial charge on any atom is 0.238 e. The second kappa shape index (κ2) is 9.05. The lowest BCUT2D eigenvalue weighted by Gasteiger charge is -2.11. The maximum atomic E-state index is 12.0. The SMILES string of the molecule is NS(=O)(=O)c1cc(N[SH](=O)=O)cc(-c2nc(-c3ccccc3O)nc(-c3ccccc3O)n2)c1. The number of aromatic nitrogens is 3. The van der Waals surface area contributed by atoms with E-state index in [-0.39, 0.29) is 56.2 Å². The minimum Gasteiger partial charge on any atom is -0.507 e. The van der Waals surface area contributed by atoms with Gasteiger partial charge in [-0.2, -0.15) is 0 Å². The number of thiol groups is 1. The van der Waals surface area contributed by atoms with Gasteiger partial charge in [-0.1, -0.05) is 24.3 Å². The van der Waals surface area contributed by atoms with Crippen molar-refractivity contribution in [3.05, 3.63) is 66.7 Å². The lowest BCUT2D eigenvalue weighted by atomic mass is 10.1. The number of nitrogens with one attached hydrogen (secondary N) is 1. The molecule has 0 unspecified atom stereocenters. The predicted molar refractivity (Wildman–Crippen MR) is 125 cm³/mol. The van der Waals surface area contributed by atoms with Crippen LogP contribution in [0.2, 0.25) is 0 Å². The number of rotatable bonds is 6. The van der Waals surface area contributed by atoms with Crippen LogP contribution in [0.1, 0.15) is 0 Å². The minimum atomic E-state index is -4.22. The number of phenols is 2. The molecule has 3 aromatic carbocycles. The van der Waals surface area contributed by atoms with E-state index in [1.165, 1.54) is 24.3 Å². The Morgan fingerprint density at radius 2 is 1.26 bits per heavy atom. The molecule has 1 aromatic heterocycles. The van der Waals surface area contributed by atoms with Crippen LogP contribution in [-0.4, -0.2) is 42.0 Å². The molecule has 174 valence electrons. The minimum absolute atomic E-state index is 0.0340. The molecule has 0 saturated carbocycles. The van der Waals surface area contributed by atoms with Gasteiger partial charge in [0.25, 0.3) is 0 Å². The number of hydrogen-bond acceptors (Lipinski definition) is 9. The van der Waals surface area contributed by atoms with Crippen LogP contribution in [0.3, 0.4) is 0 Å². The van der Waals surface area contributed by atoms with E-state index in [4.69, 9.17) is 5.14 Å². The zero-order valence-corrected chi connectivity index (χ0v) is 18.9. The van der Waals surface area contributed by atoms with Gasteiger partial charge in [-0.3, -0.25) is 4.72 Å². The van der Waals surface area contributed by atoms with Gasteiger partial charge in [0.05, 0.1) is 21.7 Å². The van der Waals surface area contributed by atoms with E-state index < -0.39 is 20.9 Å². The monoisotopic (exact) mass is 499 g/mol. The highest BCUT2D eigenvalue weighted by Crippen LogP contribution is 2.33. The van der Waals surface area contributed by atoms with E-state index in [9.17, 15) is 27.0 Å². The molecule has 1 heterocycles. The second-order valence-electron chi connectivity index (χ2n) is 7.00. The Hall–Kier alpha value is -4.07. The molecule has 0 bridgehead atoms. The van der Waals surface area contributed by atoms with Gasteiger partial charge in [-0.15, -0.1) is 0 Å². The van der Waals surface area contributed by atoms with E-state index in [1.807, 2.05) is 0 Å². The summed E-state index contributed by atoms with van der Waals surface area (Å²) < 4.78 is 48.5. The first-order valence-corrected chi connectivity index (χ1v) is 12.3. The van der Waals surface area contributed by atoms with Gasteiger partial charge in [-0.25, -0.2) is 36.9 Å². The van der Waals surface area contributed by atoms with E-state index >= 15 is 0 Å². The smallest absolute Gasteiger partial charge is 0.238 e. The quantitative estimate of drug-likeness (QED) is 0.247. The highest BCUT2D eigenvalue weighted by atomic mass is 32.2. The molecule has 0 fully saturated rings. The van der Waals surface area contributed by atoms with E-state index in [1.54, 1.807) is 36.4 Å². The molecule has 4 rings (SSSR count). The summed E-state index contributed by atoms with van der Waals surface area (Å²) in [5, 5.41) is 25.9. The fourth-order valence-electron chi connectivity index (χ4n) is 3.13. The maximum absolute atomic E-state index is 12.0. The number of sulfonamides is 1. The van der Waals surface area contributed by atoms with Crippen molar-refractivity contribution >= 4 is 26.6 Å². The number of aromatic hydroxyl groups is 2. The van der Waals surface area contributed by atoms with E-state index in [0.29, 0.717) is 0 Å². The Morgan fingerprint density at radius 1 is 0.765 bits per heavy atom. The number of primary sulfonamides is 1. The molecule has 0 aliphatic heterocycles. The molecule has 0 radical (unpaired) electrons. The third kappa shape index (κ3) is 4.96. The van der Waals surface area contributed by atoms with Crippen molar-refractivity contribution < 1.29 is 27.0 Å². The molecule has 34 heavy (non-hydrogen) atoms. The van der Waals surface area contributed by atoms with Crippen molar-refractivity contribution in [3.8, 4) is 45.7 Å². The summed E-state index contributed by atoms with van der Waals surface area (Å²) in [7, 11) is -7.32. The molecule has 0 aliphatic carbocycles. The van der Waals surface area contributed by atoms with Crippen LogP contribution in [0.15, 0.2) is 71.6 Å². The van der Waals surface area contributed by atoms with Crippen molar-refractivity contribution in [2.45, 2.75) is 4.90 Å². The van der Waals surface area contributed by atoms with Crippen molar-refractivity contribution in [3.63, 3.8) is 0 Å². The average molecular weight is 500 g/mol. The van der Waals surface area contributed by atoms with Gasteiger partial charge in [0.2, 0.25) is 20.9 Å². The molecular formula is C21H17N5O6S2. The number of phenolic OH excluding ortho intramolecular Hbond substituents is 2. The fraction of sp³-hybridized carbons (Fsp3) is 0. The normalized spacial score (nSPS) is 11.5. The average Bonchev–Trinajstić information content (AvgIpc) is 2.78. The third-order valence-electron chi connectivity index (χ3n) is 4.64. The van der Waals surface area contributed by atoms with Crippen LogP contribution in [-0.2, 0) is 20.9 Å². The number of nitrogens with two attached hydrogens (primary N) is 1. The van der Waals surface area contributed by atoms with Crippen molar-refractivity contribution in [1.29, 1.82) is 0 Å². The Kier molecular flexibility index (Phi) is 6.15. The number of benzene rings is 3. The van der Waals surface area contributed by atoms with Crippen molar-refractivity contribution in [2.75, 3.05) is 4.72 Å². The summed E-state index contributed by atoms with van der Waals surface area (Å²) in [6.07, 6.45) is 0. The van der Waals surface area contributed by atoms with Crippen molar-refractivity contribution in [1.82, 2.24) is 15.0 Å². The molecule has 0 atom stereocenters. The van der Waals surface area contributed by atoms with E-state index in [2.05, 4.69) is 19.7 Å². The van der Waals surface area contributed by atoms with Crippen LogP contribution < -0.4 is 9.86 Å². The van der Waals surface area contributed by atoms with Crippen LogP contribution in [0, 0.1) is 0 Å². The standard InChI is InChI=1S/C21H17N5O6S2/c22-34(31,32)14-10-12(9-13(11-14)26-33(29)30)19-23-20(15-5-1-3-7-17(15)27)25-21(24-19)16-6-2-4-8-18(16)28/h1-11,27-28,33H,(H2,22,31,32)(H,26,29,30). The summed E-state index contributed by atoms with van der Waals surface area (Å²) in [5.41, 5.74) is 0.533. The molecule has 0 saturated heterocycles. The lowest BCUT2D eigenvalue weighted by molar-refractivity contribution is 0.477. The Labute approximate surface area is 195 Å². The topological polar surface area (TPSA) is 185 Å². The Balaban J connectivity index is 2.01. The molecule has 13 heteroatoms. The molecular weight excluding hydrogens is 482 g/mol. The first-order chi connectivity index (χ1) is 16.1. The summed E-state index contributed by atoms with van der Waals surface area (Å²) in [6.45, 7) is 0. The summed E-state index contributed by atoms with van der Waals surface area (Å²) in [5.74, 6) is -0.224. The molecule has 0 amide bonds. The number of nitrogens with zero attached hydrogens (tertiary/aromatic N) is 3. The van der Waals surface area contributed by atoms with Gasteiger partial charge in [0.1, 0.15) is 11.5 Å². The predicted octanol–water partition coefficient (Wildman–Crippen LogP) is 1.87. The number of anilines is 1. The second-order valence-corrected chi connectivity index (χ2v) is 9.30. The lowest BCUT2D eigenvalue weighted by Crippen LogP contribution is -2.13. The molecule has 11 nitrogen and oxygen atoms in total. The molecule has 5 N–H and O–H groups in total. The largest absolute Gasteiger partial charge is 0.507 e. The summed E-state index contributed by atoms with van der Waals surface area (Å²) in [4.78, 5) is 12.7. The Morgan fingerprint density at radius 3 is 1.74 bits per heavy atom. The number of hydrogen-bond donors (Lipinski definition) is 5. The third-order valence-corrected chi connectivity index (χ3v) is 5.97. The van der Waals surface area contributed by atoms with E-state index in [0.717, 1.165) is 6.07 Å². The molecule has 0 aliphatic rings. The van der Waals surface area contributed by atoms with Gasteiger partial charge >= 0.3 is 0 Å². The van der Waals surface area contributed by atoms with Gasteiger partial charge in [-0.05, 0) is 42.5 Å². The molecule has 4 aromatic rings. The molecule has 0 spiro atoms. The zero-order chi connectivity index (χ0) is 24.5. The van der Waals surface area contributed by atoms with Gasteiger partial charge < -0.3 is 10.2 Å². The Bertz CT molecular complexity index is 1520. The van der Waals surface area contributed by atoms with Crippen LogP contribution in [0.5, 0.6) is 11.5 Å². The van der Waals surface area contributed by atoms with Gasteiger partial charge in [0, 0.05) is 5.56 Å². The summed E-state index contributed by atoms with van der Waals surface area (Å²) >= 11 is 0. The van der Waals surface area contributed by atoms with Crippen molar-refractivity contribution in [2.24, 2.45) is 5.14 Å². The van der Waals surface area contributed by atoms with Gasteiger partial charge in [0.15, 0.2) is 17.5 Å². The summed E-state index contributed by atoms with van der Waals surface area (Å²) in [6, 6.07) is 16.1. The first-order valence-electron chi connectivity index (χ1n) is 9.54. The zero-order valence-electron chi connectivity index (χ0n) is 17.2. The highest BCUT2D eigenvalue weighted by molar-refractivity contribution is 7.89. The highest BCUT2D eigenvalue weighted by Gasteiger charge is 2.18. The van der Waals surface area contributed by atoms with Crippen LogP contribution in [0.25, 0.3) is 34.2 Å². The fourth-order valence-corrected chi connectivity index (χ4v) is 4.06.